The Morgan fingerprint density at radius 3 is 2.62 bits per heavy atom. The predicted octanol–water partition coefficient (Wildman–Crippen LogP) is 1.92. The first-order chi connectivity index (χ1) is 15.2. The summed E-state index contributed by atoms with van der Waals surface area (Å²) in [5, 5.41) is 3.16. The molecule has 1 heterocycles. The van der Waals surface area contributed by atoms with Gasteiger partial charge in [0.2, 0.25) is 0 Å². The largest absolute Gasteiger partial charge is 0.349 e. The summed E-state index contributed by atoms with van der Waals surface area (Å²) in [6, 6.07) is 9.84. The highest BCUT2D eigenvalue weighted by molar-refractivity contribution is 7.91. The molecule has 1 fully saturated rings. The maximum absolute atomic E-state index is 13.3. The topological polar surface area (TPSA) is 101 Å². The lowest BCUT2D eigenvalue weighted by atomic mass is 10.1. The Bertz CT molecular complexity index is 1360. The number of nitrogens with one attached hydrogen (secondary N) is 1. The summed E-state index contributed by atoms with van der Waals surface area (Å²) in [4.78, 5) is 32.0. The van der Waals surface area contributed by atoms with E-state index in [1.807, 2.05) is 6.92 Å². The molecule has 8 nitrogen and oxygen atoms in total. The summed E-state index contributed by atoms with van der Waals surface area (Å²) in [5.74, 6) is -0.221. The van der Waals surface area contributed by atoms with Gasteiger partial charge in [-0.25, -0.2) is 13.4 Å². The van der Waals surface area contributed by atoms with E-state index >= 15 is 0 Å². The van der Waals surface area contributed by atoms with Gasteiger partial charge in [0.25, 0.3) is 11.5 Å². The van der Waals surface area contributed by atoms with Gasteiger partial charge in [0.15, 0.2) is 9.84 Å². The quantitative estimate of drug-likeness (QED) is 0.585. The molecule has 2 aromatic carbocycles. The minimum Gasteiger partial charge on any atom is -0.349 e. The fourth-order valence-corrected chi connectivity index (χ4v) is 4.81. The van der Waals surface area contributed by atoms with Gasteiger partial charge in [-0.2, -0.15) is 0 Å². The molecule has 0 unspecified atom stereocenters. The standard InChI is InChI=1S/C23H26N4O4S/c1-15-4-5-16(22(28)25-17-6-7-17)12-21(15)27-14-24-20-9-8-18(13-19(20)23(27)29)32(30,31)11-10-26(2)3/h4-5,8-9,12-14,17H,6-7,10-11H2,1-3H3,(H,25,28). The second kappa shape index (κ2) is 8.48. The van der Waals surface area contributed by atoms with Gasteiger partial charge < -0.3 is 10.2 Å². The van der Waals surface area contributed by atoms with Gasteiger partial charge in [0, 0.05) is 18.2 Å². The molecule has 1 aliphatic carbocycles. The Kier molecular flexibility index (Phi) is 5.87. The minimum atomic E-state index is -3.54. The van der Waals surface area contributed by atoms with Crippen molar-refractivity contribution in [3.63, 3.8) is 0 Å². The number of benzene rings is 2. The van der Waals surface area contributed by atoms with Crippen molar-refractivity contribution < 1.29 is 13.2 Å². The fourth-order valence-electron chi connectivity index (χ4n) is 3.39. The third kappa shape index (κ3) is 4.58. The normalized spacial score (nSPS) is 14.1. The van der Waals surface area contributed by atoms with E-state index in [1.54, 1.807) is 43.3 Å². The van der Waals surface area contributed by atoms with E-state index in [4.69, 9.17) is 0 Å². The van der Waals surface area contributed by atoms with Gasteiger partial charge in [-0.15, -0.1) is 0 Å². The summed E-state index contributed by atoms with van der Waals surface area (Å²) in [6.07, 6.45) is 3.38. The number of nitrogens with zero attached hydrogens (tertiary/aromatic N) is 3. The molecule has 1 N–H and O–H groups in total. The zero-order chi connectivity index (χ0) is 23.0. The zero-order valence-corrected chi connectivity index (χ0v) is 19.1. The summed E-state index contributed by atoms with van der Waals surface area (Å²) in [7, 11) is 0.0675. The number of aromatic nitrogens is 2. The van der Waals surface area contributed by atoms with E-state index in [0.717, 1.165) is 18.4 Å². The Morgan fingerprint density at radius 2 is 1.94 bits per heavy atom. The molecular formula is C23H26N4O4S. The monoisotopic (exact) mass is 454 g/mol. The Labute approximate surface area is 186 Å². The molecule has 0 bridgehead atoms. The number of hydrogen-bond donors (Lipinski definition) is 1. The lowest BCUT2D eigenvalue weighted by Crippen LogP contribution is -2.26. The molecule has 3 aromatic rings. The number of rotatable bonds is 7. The van der Waals surface area contributed by atoms with Gasteiger partial charge in [0.05, 0.1) is 27.2 Å². The summed E-state index contributed by atoms with van der Waals surface area (Å²) < 4.78 is 26.8. The van der Waals surface area contributed by atoms with E-state index in [-0.39, 0.29) is 33.5 Å². The van der Waals surface area contributed by atoms with Gasteiger partial charge in [-0.3, -0.25) is 14.2 Å². The molecular weight excluding hydrogens is 428 g/mol. The Hall–Kier alpha value is -3.04. The molecule has 0 radical (unpaired) electrons. The molecule has 4 rings (SSSR count). The van der Waals surface area contributed by atoms with Crippen molar-refractivity contribution >= 4 is 26.6 Å². The van der Waals surface area contributed by atoms with Crippen LogP contribution in [0, 0.1) is 6.92 Å². The molecule has 1 aromatic heterocycles. The number of sulfone groups is 1. The molecule has 32 heavy (non-hydrogen) atoms. The summed E-state index contributed by atoms with van der Waals surface area (Å²) in [5.41, 5.74) is 1.82. The third-order valence-corrected chi connectivity index (χ3v) is 7.23. The molecule has 168 valence electrons. The van der Waals surface area contributed by atoms with Crippen LogP contribution in [-0.4, -0.2) is 61.2 Å². The van der Waals surface area contributed by atoms with Crippen molar-refractivity contribution in [2.75, 3.05) is 26.4 Å². The van der Waals surface area contributed by atoms with Crippen molar-refractivity contribution in [3.8, 4) is 5.69 Å². The molecule has 1 aliphatic rings. The summed E-state index contributed by atoms with van der Waals surface area (Å²) >= 11 is 0. The molecule has 9 heteroatoms. The molecule has 0 spiro atoms. The van der Waals surface area contributed by atoms with Gasteiger partial charge in [-0.1, -0.05) is 6.07 Å². The van der Waals surface area contributed by atoms with Gasteiger partial charge >= 0.3 is 0 Å². The lowest BCUT2D eigenvalue weighted by Gasteiger charge is -2.13. The number of hydrogen-bond acceptors (Lipinski definition) is 6. The van der Waals surface area contributed by atoms with Gasteiger partial charge in [0.1, 0.15) is 6.33 Å². The molecule has 1 amide bonds. The first kappa shape index (κ1) is 22.2. The average Bonchev–Trinajstić information content (AvgIpc) is 3.57. The second-order valence-corrected chi connectivity index (χ2v) is 10.6. The minimum absolute atomic E-state index is 0.0444. The highest BCUT2D eigenvalue weighted by atomic mass is 32.2. The number of amides is 1. The highest BCUT2D eigenvalue weighted by Crippen LogP contribution is 2.21. The average molecular weight is 455 g/mol. The smallest absolute Gasteiger partial charge is 0.265 e. The SMILES string of the molecule is Cc1ccc(C(=O)NC2CC2)cc1-n1cnc2ccc(S(=O)(=O)CCN(C)C)cc2c1=O. The van der Waals surface area contributed by atoms with E-state index in [2.05, 4.69) is 10.3 Å². The Balaban J connectivity index is 1.76. The predicted molar refractivity (Wildman–Crippen MR) is 123 cm³/mol. The van der Waals surface area contributed by atoms with Crippen molar-refractivity contribution in [1.29, 1.82) is 0 Å². The lowest BCUT2D eigenvalue weighted by molar-refractivity contribution is 0.0951. The van der Waals surface area contributed by atoms with Crippen molar-refractivity contribution in [3.05, 3.63) is 64.2 Å². The molecule has 1 saturated carbocycles. The number of aryl methyl sites for hydroxylation is 1. The number of fused-ring (bicyclic) bond motifs is 1. The van der Waals surface area contributed by atoms with Crippen LogP contribution in [0.3, 0.4) is 0 Å². The van der Waals surface area contributed by atoms with Crippen LogP contribution < -0.4 is 10.9 Å². The van der Waals surface area contributed by atoms with Crippen LogP contribution in [-0.2, 0) is 9.84 Å². The molecule has 0 saturated heterocycles. The number of carbonyl (C=O) groups excluding carboxylic acids is 1. The van der Waals surface area contributed by atoms with E-state index in [0.29, 0.717) is 23.3 Å². The van der Waals surface area contributed by atoms with Crippen LogP contribution in [0.4, 0.5) is 0 Å². The fraction of sp³-hybridized carbons (Fsp3) is 0.348. The van der Waals surface area contributed by atoms with Crippen LogP contribution >= 0.6 is 0 Å². The zero-order valence-electron chi connectivity index (χ0n) is 18.3. The van der Waals surface area contributed by atoms with Crippen molar-refractivity contribution in [1.82, 2.24) is 19.8 Å². The molecule has 0 aliphatic heterocycles. The van der Waals surface area contributed by atoms with E-state index in [9.17, 15) is 18.0 Å². The summed E-state index contributed by atoms with van der Waals surface area (Å²) in [6.45, 7) is 2.23. The van der Waals surface area contributed by atoms with Crippen LogP contribution in [0.25, 0.3) is 16.6 Å². The molecule has 0 atom stereocenters. The van der Waals surface area contributed by atoms with Gasteiger partial charge in [-0.05, 0) is 69.8 Å². The maximum Gasteiger partial charge on any atom is 0.265 e. The maximum atomic E-state index is 13.3. The Morgan fingerprint density at radius 1 is 1.19 bits per heavy atom. The second-order valence-electron chi connectivity index (χ2n) is 8.47. The van der Waals surface area contributed by atoms with Crippen LogP contribution in [0.5, 0.6) is 0 Å². The van der Waals surface area contributed by atoms with E-state index in [1.165, 1.54) is 23.0 Å². The van der Waals surface area contributed by atoms with E-state index < -0.39 is 9.84 Å². The first-order valence-corrected chi connectivity index (χ1v) is 12.1. The van der Waals surface area contributed by atoms with Crippen molar-refractivity contribution in [2.24, 2.45) is 0 Å². The number of carbonyl (C=O) groups is 1. The van der Waals surface area contributed by atoms with Crippen LogP contribution in [0.2, 0.25) is 0 Å². The highest BCUT2D eigenvalue weighted by Gasteiger charge is 2.24. The van der Waals surface area contributed by atoms with Crippen LogP contribution in [0.15, 0.2) is 52.4 Å². The third-order valence-electron chi connectivity index (χ3n) is 5.54. The first-order valence-electron chi connectivity index (χ1n) is 10.5. The van der Waals surface area contributed by atoms with Crippen LogP contribution in [0.1, 0.15) is 28.8 Å². The van der Waals surface area contributed by atoms with Crippen molar-refractivity contribution in [2.45, 2.75) is 30.7 Å².